The van der Waals surface area contributed by atoms with E-state index < -0.39 is 12.0 Å². The van der Waals surface area contributed by atoms with Gasteiger partial charge in [0, 0.05) is 10.6 Å². The van der Waals surface area contributed by atoms with Gasteiger partial charge in [0.25, 0.3) is 0 Å². The van der Waals surface area contributed by atoms with Crippen LogP contribution in [0.25, 0.3) is 0 Å². The first-order chi connectivity index (χ1) is 9.54. The van der Waals surface area contributed by atoms with Gasteiger partial charge in [-0.2, -0.15) is 0 Å². The highest BCUT2D eigenvalue weighted by Gasteiger charge is 2.33. The Hall–Kier alpha value is -1.49. The smallest absolute Gasteiger partial charge is 0.326 e. The van der Waals surface area contributed by atoms with Gasteiger partial charge in [-0.15, -0.1) is 11.8 Å². The van der Waals surface area contributed by atoms with Crippen LogP contribution >= 0.6 is 11.8 Å². The molecule has 1 aliphatic heterocycles. The lowest BCUT2D eigenvalue weighted by atomic mass is 9.96. The van der Waals surface area contributed by atoms with Gasteiger partial charge in [-0.05, 0) is 17.5 Å². The minimum atomic E-state index is -0.966. The summed E-state index contributed by atoms with van der Waals surface area (Å²) in [7, 11) is 0. The van der Waals surface area contributed by atoms with Crippen LogP contribution < -0.4 is 5.32 Å². The number of nitrogens with one attached hydrogen (secondary N) is 1. The summed E-state index contributed by atoms with van der Waals surface area (Å²) >= 11 is 1.65. The van der Waals surface area contributed by atoms with Crippen LogP contribution in [0.5, 0.6) is 0 Å². The number of amides is 1. The van der Waals surface area contributed by atoms with Crippen LogP contribution in [-0.2, 0) is 9.59 Å². The van der Waals surface area contributed by atoms with Crippen molar-refractivity contribution < 1.29 is 14.7 Å². The Morgan fingerprint density at radius 2 is 2.15 bits per heavy atom. The van der Waals surface area contributed by atoms with Crippen LogP contribution in [0.1, 0.15) is 31.7 Å². The fourth-order valence-electron chi connectivity index (χ4n) is 2.32. The molecular weight excluding hydrogens is 274 g/mol. The van der Waals surface area contributed by atoms with Gasteiger partial charge in [-0.25, -0.2) is 4.79 Å². The SMILES string of the molecule is CCC(C)C(NC(=O)C1CSc2ccccc21)C(=O)O. The third kappa shape index (κ3) is 2.98. The molecule has 2 N–H and O–H groups in total. The molecule has 0 saturated carbocycles. The maximum Gasteiger partial charge on any atom is 0.326 e. The highest BCUT2D eigenvalue weighted by Crippen LogP contribution is 2.39. The fourth-order valence-corrected chi connectivity index (χ4v) is 3.55. The maximum absolute atomic E-state index is 12.4. The van der Waals surface area contributed by atoms with Gasteiger partial charge < -0.3 is 10.4 Å². The number of carbonyl (C=O) groups excluding carboxylic acids is 1. The molecule has 5 heteroatoms. The van der Waals surface area contributed by atoms with Gasteiger partial charge in [-0.3, -0.25) is 4.79 Å². The third-order valence-electron chi connectivity index (χ3n) is 3.79. The van der Waals surface area contributed by atoms with E-state index in [2.05, 4.69) is 5.32 Å². The summed E-state index contributed by atoms with van der Waals surface area (Å²) < 4.78 is 0. The van der Waals surface area contributed by atoms with E-state index in [4.69, 9.17) is 0 Å². The van der Waals surface area contributed by atoms with E-state index in [1.807, 2.05) is 38.1 Å². The molecule has 20 heavy (non-hydrogen) atoms. The first-order valence-electron chi connectivity index (χ1n) is 6.79. The van der Waals surface area contributed by atoms with E-state index in [0.29, 0.717) is 12.2 Å². The van der Waals surface area contributed by atoms with E-state index in [-0.39, 0.29) is 17.7 Å². The predicted octanol–water partition coefficient (Wildman–Crippen LogP) is 2.49. The van der Waals surface area contributed by atoms with E-state index >= 15 is 0 Å². The van der Waals surface area contributed by atoms with Crippen LogP contribution in [-0.4, -0.2) is 28.8 Å². The van der Waals surface area contributed by atoms with Crippen LogP contribution in [0.4, 0.5) is 0 Å². The summed E-state index contributed by atoms with van der Waals surface area (Å²) in [6, 6.07) is 6.99. The summed E-state index contributed by atoms with van der Waals surface area (Å²) in [6.45, 7) is 3.77. The van der Waals surface area contributed by atoms with Crippen LogP contribution in [0.2, 0.25) is 0 Å². The predicted molar refractivity (Wildman–Crippen MR) is 78.9 cm³/mol. The Morgan fingerprint density at radius 3 is 2.80 bits per heavy atom. The molecule has 4 nitrogen and oxygen atoms in total. The lowest BCUT2D eigenvalue weighted by Gasteiger charge is -2.22. The van der Waals surface area contributed by atoms with Crippen molar-refractivity contribution in [2.24, 2.45) is 5.92 Å². The van der Waals surface area contributed by atoms with Gasteiger partial charge in [0.2, 0.25) is 5.91 Å². The van der Waals surface area contributed by atoms with E-state index in [1.54, 1.807) is 11.8 Å². The van der Waals surface area contributed by atoms with Crippen molar-refractivity contribution in [2.45, 2.75) is 37.1 Å². The molecule has 1 aromatic rings. The second kappa shape index (κ2) is 6.31. The van der Waals surface area contributed by atoms with Gasteiger partial charge in [0.15, 0.2) is 0 Å². The van der Waals surface area contributed by atoms with Crippen molar-refractivity contribution in [2.75, 3.05) is 5.75 Å². The largest absolute Gasteiger partial charge is 0.480 e. The second-order valence-corrected chi connectivity index (χ2v) is 6.17. The molecule has 1 amide bonds. The molecule has 1 aliphatic rings. The minimum Gasteiger partial charge on any atom is -0.480 e. The van der Waals surface area contributed by atoms with Gasteiger partial charge in [0.1, 0.15) is 6.04 Å². The van der Waals surface area contributed by atoms with Gasteiger partial charge in [0.05, 0.1) is 5.92 Å². The summed E-state index contributed by atoms with van der Waals surface area (Å²) in [5, 5.41) is 11.9. The molecule has 2 rings (SSSR count). The van der Waals surface area contributed by atoms with Gasteiger partial charge >= 0.3 is 5.97 Å². The minimum absolute atomic E-state index is 0.0826. The quantitative estimate of drug-likeness (QED) is 0.875. The number of benzene rings is 1. The monoisotopic (exact) mass is 293 g/mol. The number of aliphatic carboxylic acids is 1. The summed E-state index contributed by atoms with van der Waals surface area (Å²) in [5.41, 5.74) is 1.00. The van der Waals surface area contributed by atoms with Crippen LogP contribution in [0, 0.1) is 5.92 Å². The Balaban J connectivity index is 2.11. The first-order valence-corrected chi connectivity index (χ1v) is 7.78. The van der Waals surface area contributed by atoms with Gasteiger partial charge in [-0.1, -0.05) is 38.5 Å². The lowest BCUT2D eigenvalue weighted by molar-refractivity contribution is -0.143. The Kier molecular flexibility index (Phi) is 4.70. The molecule has 108 valence electrons. The number of rotatable bonds is 5. The van der Waals surface area contributed by atoms with Crippen molar-refractivity contribution in [1.82, 2.24) is 5.32 Å². The number of hydrogen-bond donors (Lipinski definition) is 2. The van der Waals surface area contributed by atoms with E-state index in [1.165, 1.54) is 0 Å². The zero-order chi connectivity index (χ0) is 14.7. The van der Waals surface area contributed by atoms with Crippen LogP contribution in [0.3, 0.4) is 0 Å². The molecule has 3 unspecified atom stereocenters. The number of thioether (sulfide) groups is 1. The highest BCUT2D eigenvalue weighted by atomic mass is 32.2. The van der Waals surface area contributed by atoms with E-state index in [9.17, 15) is 14.7 Å². The molecule has 0 aliphatic carbocycles. The van der Waals surface area contributed by atoms with Crippen LogP contribution in [0.15, 0.2) is 29.2 Å². The third-order valence-corrected chi connectivity index (χ3v) is 4.98. The summed E-state index contributed by atoms with van der Waals surface area (Å²) in [5.74, 6) is -0.803. The summed E-state index contributed by atoms with van der Waals surface area (Å²) in [6.07, 6.45) is 0.716. The average Bonchev–Trinajstić information content (AvgIpc) is 2.87. The molecule has 1 heterocycles. The Bertz CT molecular complexity index is 518. The molecule has 0 fully saturated rings. The molecule has 0 radical (unpaired) electrons. The first kappa shape index (κ1) is 14.9. The second-order valence-electron chi connectivity index (χ2n) is 5.11. The number of carboxylic acid groups (broad SMARTS) is 1. The Labute approximate surface area is 123 Å². The standard InChI is InChI=1S/C15H19NO3S/c1-3-9(2)13(15(18)19)16-14(17)11-8-20-12-7-5-4-6-10(11)12/h4-7,9,11,13H,3,8H2,1-2H3,(H,16,17)(H,18,19). The normalized spacial score (nSPS) is 20.0. The molecule has 3 atom stereocenters. The molecule has 0 saturated heterocycles. The molecule has 0 spiro atoms. The van der Waals surface area contributed by atoms with Crippen molar-refractivity contribution in [3.05, 3.63) is 29.8 Å². The zero-order valence-corrected chi connectivity index (χ0v) is 12.4. The van der Waals surface area contributed by atoms with Crippen molar-refractivity contribution in [3.8, 4) is 0 Å². The lowest BCUT2D eigenvalue weighted by Crippen LogP contribution is -2.46. The number of carboxylic acids is 1. The fraction of sp³-hybridized carbons (Fsp3) is 0.467. The summed E-state index contributed by atoms with van der Waals surface area (Å²) in [4.78, 5) is 24.7. The molecule has 0 aromatic heterocycles. The zero-order valence-electron chi connectivity index (χ0n) is 11.6. The molecular formula is C15H19NO3S. The molecule has 0 bridgehead atoms. The Morgan fingerprint density at radius 1 is 1.45 bits per heavy atom. The topological polar surface area (TPSA) is 66.4 Å². The number of carbonyl (C=O) groups is 2. The average molecular weight is 293 g/mol. The van der Waals surface area contributed by atoms with E-state index in [0.717, 1.165) is 10.5 Å². The number of fused-ring (bicyclic) bond motifs is 1. The number of hydrogen-bond acceptors (Lipinski definition) is 3. The van der Waals surface area contributed by atoms with Crippen molar-refractivity contribution >= 4 is 23.6 Å². The highest BCUT2D eigenvalue weighted by molar-refractivity contribution is 7.99. The van der Waals surface area contributed by atoms with Crippen molar-refractivity contribution in [3.63, 3.8) is 0 Å². The molecule has 1 aromatic carbocycles. The maximum atomic E-state index is 12.4. The van der Waals surface area contributed by atoms with Crippen molar-refractivity contribution in [1.29, 1.82) is 0 Å².